The van der Waals surface area contributed by atoms with Gasteiger partial charge in [-0.3, -0.25) is 19.2 Å². The average molecular weight is 457 g/mol. The Morgan fingerprint density at radius 1 is 1.21 bits per heavy atom. The van der Waals surface area contributed by atoms with Gasteiger partial charge in [0.15, 0.2) is 6.10 Å². The fraction of sp³-hybridized carbons (Fsp3) is 0.583. The summed E-state index contributed by atoms with van der Waals surface area (Å²) in [6.45, 7) is 6.41. The molecule has 3 fully saturated rings. The first kappa shape index (κ1) is 23.2. The highest BCUT2D eigenvalue weighted by atomic mass is 16.3. The third-order valence-corrected chi connectivity index (χ3v) is 6.55. The first-order chi connectivity index (χ1) is 15.5. The molecule has 4 rings (SSSR count). The van der Waals surface area contributed by atoms with Gasteiger partial charge in [-0.25, -0.2) is 0 Å². The van der Waals surface area contributed by atoms with E-state index in [0.29, 0.717) is 24.8 Å². The number of nitrogens with zero attached hydrogens (tertiary/aromatic N) is 2. The number of carbonyl (C=O) groups is 4. The largest absolute Gasteiger partial charge is 0.378 e. The van der Waals surface area contributed by atoms with Crippen molar-refractivity contribution in [1.82, 2.24) is 20.4 Å². The van der Waals surface area contributed by atoms with Crippen molar-refractivity contribution < 1.29 is 24.3 Å². The zero-order chi connectivity index (χ0) is 23.9. The molecule has 0 saturated carbocycles. The third-order valence-electron chi connectivity index (χ3n) is 6.55. The van der Waals surface area contributed by atoms with E-state index in [1.807, 2.05) is 20.8 Å². The van der Waals surface area contributed by atoms with Crippen molar-refractivity contribution in [3.05, 3.63) is 35.9 Å². The molecule has 1 aromatic rings. The molecule has 0 unspecified atom stereocenters. The highest BCUT2D eigenvalue weighted by molar-refractivity contribution is 5.97. The molecule has 9 nitrogen and oxygen atoms in total. The summed E-state index contributed by atoms with van der Waals surface area (Å²) < 4.78 is 0. The van der Waals surface area contributed by atoms with Gasteiger partial charge in [0.2, 0.25) is 17.7 Å². The second-order valence-electron chi connectivity index (χ2n) is 10.4. The van der Waals surface area contributed by atoms with E-state index in [1.165, 1.54) is 9.80 Å². The molecule has 33 heavy (non-hydrogen) atoms. The van der Waals surface area contributed by atoms with Gasteiger partial charge < -0.3 is 25.5 Å². The Balaban J connectivity index is 1.50. The van der Waals surface area contributed by atoms with E-state index in [1.54, 1.807) is 30.3 Å². The number of benzene rings is 1. The van der Waals surface area contributed by atoms with Crippen LogP contribution in [0, 0.1) is 5.41 Å². The normalized spacial score (nSPS) is 28.0. The molecule has 9 heteroatoms. The van der Waals surface area contributed by atoms with E-state index < -0.39 is 30.1 Å². The molecule has 0 aromatic heterocycles. The number of likely N-dealkylation sites (tertiary alicyclic amines) is 1. The van der Waals surface area contributed by atoms with Crippen molar-refractivity contribution in [3.63, 3.8) is 0 Å². The molecular weight excluding hydrogens is 424 g/mol. The second-order valence-corrected chi connectivity index (χ2v) is 10.4. The summed E-state index contributed by atoms with van der Waals surface area (Å²) in [5.41, 5.74) is 0.287. The van der Waals surface area contributed by atoms with Crippen molar-refractivity contribution >= 4 is 23.6 Å². The predicted octanol–water partition coefficient (Wildman–Crippen LogP) is 0.341. The standard InChI is InChI=1S/C24H32N4O5/c1-24(2,3)12-18(29)25-15-11-17-21(31)26-16-9-10-27(19(16)22(32)28(17)13-15)23(33)20(30)14-7-5-4-6-8-14/h4-8,15-17,19-20,30H,9-13H2,1-3H3,(H,25,29)(H,26,31)/t15-,16-,17+,19-,20-/m0/s1. The molecule has 3 heterocycles. The summed E-state index contributed by atoms with van der Waals surface area (Å²) in [5.74, 6) is -1.24. The van der Waals surface area contributed by atoms with Gasteiger partial charge in [-0.05, 0) is 23.8 Å². The van der Waals surface area contributed by atoms with Crippen molar-refractivity contribution in [2.45, 2.75) is 70.3 Å². The fourth-order valence-corrected chi connectivity index (χ4v) is 5.07. The van der Waals surface area contributed by atoms with Crippen LogP contribution in [0.1, 0.15) is 51.7 Å². The van der Waals surface area contributed by atoms with Crippen LogP contribution in [0.15, 0.2) is 30.3 Å². The summed E-state index contributed by atoms with van der Waals surface area (Å²) in [7, 11) is 0. The Morgan fingerprint density at radius 3 is 2.58 bits per heavy atom. The minimum Gasteiger partial charge on any atom is -0.378 e. The Bertz CT molecular complexity index is 944. The summed E-state index contributed by atoms with van der Waals surface area (Å²) in [6, 6.07) is 6.22. The number of fused-ring (bicyclic) bond motifs is 2. The number of rotatable bonds is 4. The molecule has 0 aliphatic carbocycles. The molecule has 3 aliphatic heterocycles. The van der Waals surface area contributed by atoms with Crippen molar-refractivity contribution in [2.24, 2.45) is 5.41 Å². The van der Waals surface area contributed by atoms with Crippen molar-refractivity contribution in [2.75, 3.05) is 13.1 Å². The number of nitrogens with one attached hydrogen (secondary N) is 2. The molecule has 3 aliphatic rings. The van der Waals surface area contributed by atoms with Gasteiger partial charge in [-0.1, -0.05) is 51.1 Å². The van der Waals surface area contributed by atoms with Crippen LogP contribution in [0.4, 0.5) is 0 Å². The quantitative estimate of drug-likeness (QED) is 0.604. The predicted molar refractivity (Wildman–Crippen MR) is 120 cm³/mol. The SMILES string of the molecule is CC(C)(C)CC(=O)N[C@H]1C[C@@H]2C(=O)N[C@H]3CCN(C(=O)[C@@H](O)c4ccccc4)[C@@H]3C(=O)N2C1. The van der Waals surface area contributed by atoms with Crippen LogP contribution in [0.5, 0.6) is 0 Å². The van der Waals surface area contributed by atoms with E-state index >= 15 is 0 Å². The van der Waals surface area contributed by atoms with E-state index in [2.05, 4.69) is 10.6 Å². The van der Waals surface area contributed by atoms with E-state index in [-0.39, 0.29) is 42.3 Å². The summed E-state index contributed by atoms with van der Waals surface area (Å²) >= 11 is 0. The Kier molecular flexibility index (Phi) is 6.18. The highest BCUT2D eigenvalue weighted by Gasteiger charge is 2.53. The van der Waals surface area contributed by atoms with Crippen LogP contribution in [0.2, 0.25) is 0 Å². The van der Waals surface area contributed by atoms with Gasteiger partial charge in [0.1, 0.15) is 12.1 Å². The Hall–Kier alpha value is -2.94. The first-order valence-corrected chi connectivity index (χ1v) is 11.5. The summed E-state index contributed by atoms with van der Waals surface area (Å²) in [5, 5.41) is 16.5. The molecular formula is C24H32N4O5. The van der Waals surface area contributed by atoms with Crippen LogP contribution in [-0.2, 0) is 19.2 Å². The molecule has 4 amide bonds. The maximum absolute atomic E-state index is 13.5. The van der Waals surface area contributed by atoms with Crippen molar-refractivity contribution in [1.29, 1.82) is 0 Å². The molecule has 3 saturated heterocycles. The minimum atomic E-state index is -1.38. The van der Waals surface area contributed by atoms with Gasteiger partial charge in [-0.15, -0.1) is 0 Å². The molecule has 0 bridgehead atoms. The van der Waals surface area contributed by atoms with Crippen LogP contribution in [-0.4, -0.2) is 75.8 Å². The fourth-order valence-electron chi connectivity index (χ4n) is 5.07. The lowest BCUT2D eigenvalue weighted by Gasteiger charge is -2.30. The summed E-state index contributed by atoms with van der Waals surface area (Å²) in [6.07, 6.45) is -0.246. The third kappa shape index (κ3) is 4.73. The monoisotopic (exact) mass is 456 g/mol. The molecule has 1 aromatic carbocycles. The Labute approximate surface area is 193 Å². The molecule has 5 atom stereocenters. The van der Waals surface area contributed by atoms with E-state index in [4.69, 9.17) is 0 Å². The van der Waals surface area contributed by atoms with E-state index in [0.717, 1.165) is 0 Å². The number of carbonyl (C=O) groups excluding carboxylic acids is 4. The lowest BCUT2D eigenvalue weighted by molar-refractivity contribution is -0.149. The molecule has 0 radical (unpaired) electrons. The van der Waals surface area contributed by atoms with Crippen LogP contribution in [0.3, 0.4) is 0 Å². The van der Waals surface area contributed by atoms with Gasteiger partial charge in [0, 0.05) is 25.6 Å². The molecule has 3 N–H and O–H groups in total. The number of hydrogen-bond acceptors (Lipinski definition) is 5. The van der Waals surface area contributed by atoms with Crippen molar-refractivity contribution in [3.8, 4) is 0 Å². The van der Waals surface area contributed by atoms with Gasteiger partial charge >= 0.3 is 0 Å². The zero-order valence-corrected chi connectivity index (χ0v) is 19.3. The summed E-state index contributed by atoms with van der Waals surface area (Å²) in [4.78, 5) is 54.8. The lowest BCUT2D eigenvalue weighted by Crippen LogP contribution is -2.53. The first-order valence-electron chi connectivity index (χ1n) is 11.5. The van der Waals surface area contributed by atoms with E-state index in [9.17, 15) is 24.3 Å². The topological polar surface area (TPSA) is 119 Å². The number of aliphatic hydroxyl groups is 1. The second kappa shape index (κ2) is 8.78. The lowest BCUT2D eigenvalue weighted by atomic mass is 9.92. The molecule has 0 spiro atoms. The number of aliphatic hydroxyl groups excluding tert-OH is 1. The zero-order valence-electron chi connectivity index (χ0n) is 19.3. The molecule has 178 valence electrons. The van der Waals surface area contributed by atoms with Gasteiger partial charge in [0.25, 0.3) is 5.91 Å². The number of hydrogen-bond donors (Lipinski definition) is 3. The smallest absolute Gasteiger partial charge is 0.256 e. The maximum atomic E-state index is 13.5. The Morgan fingerprint density at radius 2 is 1.91 bits per heavy atom. The minimum absolute atomic E-state index is 0.112. The highest BCUT2D eigenvalue weighted by Crippen LogP contribution is 2.31. The van der Waals surface area contributed by atoms with Gasteiger partial charge in [-0.2, -0.15) is 0 Å². The average Bonchev–Trinajstić information content (AvgIpc) is 3.33. The number of amides is 4. The van der Waals surface area contributed by atoms with Crippen LogP contribution in [0.25, 0.3) is 0 Å². The maximum Gasteiger partial charge on any atom is 0.256 e. The van der Waals surface area contributed by atoms with Gasteiger partial charge in [0.05, 0.1) is 6.04 Å². The van der Waals surface area contributed by atoms with Crippen LogP contribution >= 0.6 is 0 Å². The van der Waals surface area contributed by atoms with Crippen LogP contribution < -0.4 is 10.6 Å².